The highest BCUT2D eigenvalue weighted by atomic mass is 16.5. The summed E-state index contributed by atoms with van der Waals surface area (Å²) < 4.78 is 5.33. The van der Waals surface area contributed by atoms with Gasteiger partial charge in [-0.05, 0) is 66.6 Å². The smallest absolute Gasteiger partial charge is 0.335 e. The molecule has 7 heteroatoms. The molecule has 0 spiro atoms. The Morgan fingerprint density at radius 2 is 1.75 bits per heavy atom. The lowest BCUT2D eigenvalue weighted by atomic mass is 9.96. The quantitative estimate of drug-likeness (QED) is 0.696. The van der Waals surface area contributed by atoms with Crippen LogP contribution in [0, 0.1) is 0 Å². The molecule has 0 aromatic heterocycles. The summed E-state index contributed by atoms with van der Waals surface area (Å²) >= 11 is 0. The molecule has 4 rings (SSSR count). The number of likely N-dealkylation sites (tertiary alicyclic amines) is 1. The highest BCUT2D eigenvalue weighted by molar-refractivity contribution is 5.94. The zero-order valence-electron chi connectivity index (χ0n) is 18.0. The Morgan fingerprint density at radius 1 is 1.03 bits per heavy atom. The molecule has 0 radical (unpaired) electrons. The van der Waals surface area contributed by atoms with E-state index in [4.69, 9.17) is 4.74 Å². The van der Waals surface area contributed by atoms with E-state index in [0.29, 0.717) is 38.2 Å². The minimum atomic E-state index is -0.977. The van der Waals surface area contributed by atoms with Crippen LogP contribution in [0.4, 0.5) is 0 Å². The van der Waals surface area contributed by atoms with Gasteiger partial charge in [0.15, 0.2) is 0 Å². The average Bonchev–Trinajstić information content (AvgIpc) is 3.20. The van der Waals surface area contributed by atoms with Gasteiger partial charge in [-0.2, -0.15) is 0 Å². The summed E-state index contributed by atoms with van der Waals surface area (Å²) in [5.74, 6) is -0.933. The molecule has 0 saturated carbocycles. The summed E-state index contributed by atoms with van der Waals surface area (Å²) in [4.78, 5) is 37.9. The second-order valence-electron chi connectivity index (χ2n) is 8.44. The first-order valence-corrected chi connectivity index (χ1v) is 11.1. The highest BCUT2D eigenvalue weighted by Gasteiger charge is 2.22. The van der Waals surface area contributed by atoms with Crippen molar-refractivity contribution in [3.63, 3.8) is 0 Å². The molecule has 0 bridgehead atoms. The molecule has 2 N–H and O–H groups in total. The predicted octanol–water partition coefficient (Wildman–Crippen LogP) is 3.01. The molecule has 0 unspecified atom stereocenters. The van der Waals surface area contributed by atoms with Gasteiger partial charge in [-0.1, -0.05) is 18.2 Å². The lowest BCUT2D eigenvalue weighted by Gasteiger charge is -2.23. The number of carbonyl (C=O) groups is 3. The summed E-state index contributed by atoms with van der Waals surface area (Å²) in [6, 6.07) is 12.6. The Balaban J connectivity index is 1.48. The molecule has 2 saturated heterocycles. The van der Waals surface area contributed by atoms with E-state index in [1.165, 1.54) is 0 Å². The highest BCUT2D eigenvalue weighted by Crippen LogP contribution is 2.22. The van der Waals surface area contributed by atoms with E-state index in [1.807, 2.05) is 17.0 Å². The number of nitrogens with zero attached hydrogens (tertiary/aromatic N) is 1. The van der Waals surface area contributed by atoms with Crippen LogP contribution in [0.2, 0.25) is 0 Å². The number of hydrogen-bond donors (Lipinski definition) is 2. The first-order valence-electron chi connectivity index (χ1n) is 11.1. The fourth-order valence-electron chi connectivity index (χ4n) is 4.26. The summed E-state index contributed by atoms with van der Waals surface area (Å²) in [6.45, 7) is 2.56. The van der Waals surface area contributed by atoms with Crippen molar-refractivity contribution >= 4 is 17.8 Å². The molecule has 32 heavy (non-hydrogen) atoms. The molecule has 7 nitrogen and oxygen atoms in total. The van der Waals surface area contributed by atoms with Gasteiger partial charge >= 0.3 is 5.97 Å². The number of benzene rings is 2. The fraction of sp³-hybridized carbons (Fsp3) is 0.400. The average molecular weight is 437 g/mol. The van der Waals surface area contributed by atoms with Gasteiger partial charge in [0.2, 0.25) is 5.91 Å². The first kappa shape index (κ1) is 22.0. The largest absolute Gasteiger partial charge is 0.478 e. The van der Waals surface area contributed by atoms with E-state index in [9.17, 15) is 19.5 Å². The van der Waals surface area contributed by atoms with Crippen LogP contribution in [0.3, 0.4) is 0 Å². The monoisotopic (exact) mass is 436 g/mol. The van der Waals surface area contributed by atoms with Crippen molar-refractivity contribution in [1.82, 2.24) is 10.2 Å². The van der Waals surface area contributed by atoms with Gasteiger partial charge in [-0.15, -0.1) is 0 Å². The van der Waals surface area contributed by atoms with Crippen molar-refractivity contribution in [3.05, 3.63) is 70.3 Å². The third-order valence-electron chi connectivity index (χ3n) is 6.15. The number of carbonyl (C=O) groups excluding carboxylic acids is 2. The third-order valence-corrected chi connectivity index (χ3v) is 6.15. The predicted molar refractivity (Wildman–Crippen MR) is 119 cm³/mol. The lowest BCUT2D eigenvalue weighted by molar-refractivity contribution is -0.128. The van der Waals surface area contributed by atoms with Crippen LogP contribution in [0.15, 0.2) is 42.5 Å². The van der Waals surface area contributed by atoms with E-state index in [1.54, 1.807) is 30.3 Å². The maximum Gasteiger partial charge on any atom is 0.335 e. The van der Waals surface area contributed by atoms with E-state index in [-0.39, 0.29) is 23.4 Å². The fourth-order valence-corrected chi connectivity index (χ4v) is 4.26. The van der Waals surface area contributed by atoms with Crippen LogP contribution in [-0.4, -0.2) is 53.6 Å². The Bertz CT molecular complexity index is 996. The number of aromatic carboxylic acids is 1. The lowest BCUT2D eigenvalue weighted by Crippen LogP contribution is -2.38. The van der Waals surface area contributed by atoms with Gasteiger partial charge in [0, 0.05) is 44.3 Å². The summed E-state index contributed by atoms with van der Waals surface area (Å²) in [5, 5.41) is 12.5. The molecule has 2 aliphatic rings. The second-order valence-corrected chi connectivity index (χ2v) is 8.44. The molecule has 0 aliphatic carbocycles. The molecule has 2 heterocycles. The van der Waals surface area contributed by atoms with Gasteiger partial charge in [-0.25, -0.2) is 4.79 Å². The van der Waals surface area contributed by atoms with Crippen LogP contribution in [0.1, 0.15) is 63.1 Å². The normalized spacial score (nSPS) is 16.9. The Morgan fingerprint density at radius 3 is 2.41 bits per heavy atom. The maximum atomic E-state index is 12.5. The molecule has 2 aliphatic heterocycles. The molecule has 2 amide bonds. The van der Waals surface area contributed by atoms with E-state index >= 15 is 0 Å². The number of ether oxygens (including phenoxy) is 1. The molecule has 2 aromatic carbocycles. The van der Waals surface area contributed by atoms with Crippen molar-refractivity contribution < 1.29 is 24.2 Å². The van der Waals surface area contributed by atoms with Gasteiger partial charge in [0.25, 0.3) is 5.91 Å². The number of amides is 2. The molecule has 0 atom stereocenters. The maximum absolute atomic E-state index is 12.5. The number of nitrogens with one attached hydrogen (secondary N) is 1. The van der Waals surface area contributed by atoms with Crippen molar-refractivity contribution in [2.45, 2.75) is 44.7 Å². The Kier molecular flexibility index (Phi) is 6.85. The summed E-state index contributed by atoms with van der Waals surface area (Å²) in [6.07, 6.45) is 3.61. The van der Waals surface area contributed by atoms with Crippen LogP contribution < -0.4 is 5.32 Å². The molecular weight excluding hydrogens is 408 g/mol. The van der Waals surface area contributed by atoms with Crippen LogP contribution >= 0.6 is 0 Å². The molecule has 2 aromatic rings. The van der Waals surface area contributed by atoms with Crippen LogP contribution in [-0.2, 0) is 22.5 Å². The summed E-state index contributed by atoms with van der Waals surface area (Å²) in [5.41, 5.74) is 3.63. The van der Waals surface area contributed by atoms with Gasteiger partial charge in [0.1, 0.15) is 0 Å². The summed E-state index contributed by atoms with van der Waals surface area (Å²) in [7, 11) is 0. The Hall–Kier alpha value is -3.19. The molecule has 168 valence electrons. The SMILES string of the molecule is O=C(O)c1ccc(CN2CCCC2=O)c(Cc2ccc(C(=O)NC3CCOCC3)cc2)c1. The van der Waals surface area contributed by atoms with Crippen molar-refractivity contribution in [2.75, 3.05) is 19.8 Å². The zero-order chi connectivity index (χ0) is 22.5. The zero-order valence-corrected chi connectivity index (χ0v) is 18.0. The van der Waals surface area contributed by atoms with Crippen molar-refractivity contribution in [3.8, 4) is 0 Å². The van der Waals surface area contributed by atoms with Gasteiger partial charge < -0.3 is 20.1 Å². The second kappa shape index (κ2) is 9.96. The topological polar surface area (TPSA) is 95.9 Å². The van der Waals surface area contributed by atoms with E-state index in [0.717, 1.165) is 42.5 Å². The van der Waals surface area contributed by atoms with Crippen molar-refractivity contribution in [1.29, 1.82) is 0 Å². The standard InChI is InChI=1S/C25H28N2O5/c28-23-2-1-11-27(23)16-20-8-7-19(25(30)31)15-21(20)14-17-3-5-18(6-4-17)24(29)26-22-9-12-32-13-10-22/h3-8,15,22H,1-2,9-14,16H2,(H,26,29)(H,30,31). The number of rotatable bonds is 7. The van der Waals surface area contributed by atoms with Crippen LogP contribution in [0.5, 0.6) is 0 Å². The minimum Gasteiger partial charge on any atom is -0.478 e. The third kappa shape index (κ3) is 5.34. The minimum absolute atomic E-state index is 0.0930. The van der Waals surface area contributed by atoms with Gasteiger partial charge in [-0.3, -0.25) is 9.59 Å². The first-order chi connectivity index (χ1) is 15.5. The number of hydrogen-bond acceptors (Lipinski definition) is 4. The number of carboxylic acid groups (broad SMARTS) is 1. The molecular formula is C25H28N2O5. The van der Waals surface area contributed by atoms with Gasteiger partial charge in [0.05, 0.1) is 5.56 Å². The van der Waals surface area contributed by atoms with E-state index in [2.05, 4.69) is 5.32 Å². The van der Waals surface area contributed by atoms with E-state index < -0.39 is 5.97 Å². The van der Waals surface area contributed by atoms with Crippen LogP contribution in [0.25, 0.3) is 0 Å². The van der Waals surface area contributed by atoms with Crippen molar-refractivity contribution in [2.24, 2.45) is 0 Å². The number of carboxylic acids is 1. The Labute approximate surface area is 187 Å². The molecule has 2 fully saturated rings.